The lowest BCUT2D eigenvalue weighted by Gasteiger charge is -2.22. The number of aromatic nitrogens is 1. The molecule has 2 aromatic rings. The van der Waals surface area contributed by atoms with Gasteiger partial charge in [-0.3, -0.25) is 10.1 Å². The molecule has 2 heterocycles. The molecular formula is C16H19ClFN3O2S. The number of amides is 1. The molecular weight excluding hydrogens is 353 g/mol. The fourth-order valence-electron chi connectivity index (χ4n) is 2.38. The number of thiazole rings is 1. The van der Waals surface area contributed by atoms with Gasteiger partial charge in [0.05, 0.1) is 12.3 Å². The maximum absolute atomic E-state index is 13.8. The molecule has 1 fully saturated rings. The van der Waals surface area contributed by atoms with Crippen molar-refractivity contribution in [2.24, 2.45) is 0 Å². The summed E-state index contributed by atoms with van der Waals surface area (Å²) in [6.07, 6.45) is -0.0314. The van der Waals surface area contributed by atoms with Crippen molar-refractivity contribution in [3.05, 3.63) is 46.2 Å². The molecule has 0 bridgehead atoms. The van der Waals surface area contributed by atoms with Gasteiger partial charge < -0.3 is 10.1 Å². The van der Waals surface area contributed by atoms with Crippen LogP contribution in [0.2, 0.25) is 0 Å². The standard InChI is InChI=1S/C16H18FN3O2S.ClH/c1-10-14(8-11-4-2-3-5-12(11)17)23-16(19-10)20-15(21)13-9-18-6-7-22-13;/h2-5,13,18H,6-9H2,1H3,(H,19,20,21);1H. The highest BCUT2D eigenvalue weighted by molar-refractivity contribution is 7.15. The van der Waals surface area contributed by atoms with Crippen molar-refractivity contribution < 1.29 is 13.9 Å². The molecule has 1 aromatic carbocycles. The minimum absolute atomic E-state index is 0. The highest BCUT2D eigenvalue weighted by atomic mass is 35.5. The van der Waals surface area contributed by atoms with Crippen molar-refractivity contribution in [1.29, 1.82) is 0 Å². The van der Waals surface area contributed by atoms with Crippen molar-refractivity contribution in [2.45, 2.75) is 19.4 Å². The van der Waals surface area contributed by atoms with Crippen molar-refractivity contribution in [3.8, 4) is 0 Å². The highest BCUT2D eigenvalue weighted by Gasteiger charge is 2.23. The molecule has 130 valence electrons. The van der Waals surface area contributed by atoms with Gasteiger partial charge in [0.1, 0.15) is 11.9 Å². The molecule has 1 atom stereocenters. The average Bonchev–Trinajstić information content (AvgIpc) is 2.90. The van der Waals surface area contributed by atoms with E-state index in [1.165, 1.54) is 17.4 Å². The predicted octanol–water partition coefficient (Wildman–Crippen LogP) is 2.53. The second-order valence-electron chi connectivity index (χ2n) is 5.35. The van der Waals surface area contributed by atoms with E-state index in [0.29, 0.717) is 30.3 Å². The number of anilines is 1. The second-order valence-corrected chi connectivity index (χ2v) is 6.43. The Morgan fingerprint density at radius 3 is 3.00 bits per heavy atom. The number of nitrogens with zero attached hydrogens (tertiary/aromatic N) is 1. The predicted molar refractivity (Wildman–Crippen MR) is 94.5 cm³/mol. The molecule has 0 spiro atoms. The number of morpholine rings is 1. The van der Waals surface area contributed by atoms with E-state index in [1.54, 1.807) is 12.1 Å². The van der Waals surface area contributed by atoms with E-state index in [0.717, 1.165) is 17.1 Å². The van der Waals surface area contributed by atoms with Crippen LogP contribution < -0.4 is 10.6 Å². The molecule has 8 heteroatoms. The third-order valence-electron chi connectivity index (χ3n) is 3.65. The van der Waals surface area contributed by atoms with Gasteiger partial charge in [-0.2, -0.15) is 0 Å². The fourth-order valence-corrected chi connectivity index (χ4v) is 3.37. The topological polar surface area (TPSA) is 63.2 Å². The van der Waals surface area contributed by atoms with E-state index in [2.05, 4.69) is 15.6 Å². The summed E-state index contributed by atoms with van der Waals surface area (Å²) in [4.78, 5) is 17.4. The van der Waals surface area contributed by atoms with Gasteiger partial charge in [-0.1, -0.05) is 18.2 Å². The van der Waals surface area contributed by atoms with Crippen LogP contribution in [0.15, 0.2) is 24.3 Å². The van der Waals surface area contributed by atoms with Gasteiger partial charge in [0.2, 0.25) is 0 Å². The molecule has 0 radical (unpaired) electrons. The molecule has 1 saturated heterocycles. The molecule has 0 aliphatic carbocycles. The number of hydrogen-bond donors (Lipinski definition) is 2. The summed E-state index contributed by atoms with van der Waals surface area (Å²) in [5.41, 5.74) is 1.42. The minimum atomic E-state index is -0.497. The number of aryl methyl sites for hydroxylation is 1. The van der Waals surface area contributed by atoms with Crippen LogP contribution in [0.4, 0.5) is 9.52 Å². The number of hydrogen-bond acceptors (Lipinski definition) is 5. The Hall–Kier alpha value is -1.54. The molecule has 1 aromatic heterocycles. The number of carbonyl (C=O) groups is 1. The number of benzene rings is 1. The molecule has 1 amide bonds. The number of carbonyl (C=O) groups excluding carboxylic acids is 1. The summed E-state index contributed by atoms with van der Waals surface area (Å²) < 4.78 is 19.2. The van der Waals surface area contributed by atoms with E-state index < -0.39 is 6.10 Å². The van der Waals surface area contributed by atoms with E-state index in [9.17, 15) is 9.18 Å². The Bertz CT molecular complexity index is 704. The first kappa shape index (κ1) is 18.8. The summed E-state index contributed by atoms with van der Waals surface area (Å²) >= 11 is 1.37. The van der Waals surface area contributed by atoms with Gasteiger partial charge in [-0.25, -0.2) is 9.37 Å². The zero-order valence-electron chi connectivity index (χ0n) is 13.2. The summed E-state index contributed by atoms with van der Waals surface area (Å²) in [5.74, 6) is -0.434. The van der Waals surface area contributed by atoms with Gasteiger partial charge in [-0.05, 0) is 18.6 Å². The van der Waals surface area contributed by atoms with Crippen molar-refractivity contribution in [2.75, 3.05) is 25.0 Å². The third kappa shape index (κ3) is 4.51. The average molecular weight is 372 g/mol. The first-order valence-corrected chi connectivity index (χ1v) is 8.28. The molecule has 0 saturated carbocycles. The largest absolute Gasteiger partial charge is 0.366 e. The quantitative estimate of drug-likeness (QED) is 0.867. The SMILES string of the molecule is Cc1nc(NC(=O)C2CNCCO2)sc1Cc1ccccc1F.Cl. The fraction of sp³-hybridized carbons (Fsp3) is 0.375. The lowest BCUT2D eigenvalue weighted by atomic mass is 10.1. The summed E-state index contributed by atoms with van der Waals surface area (Å²) in [6.45, 7) is 3.64. The Morgan fingerprint density at radius 2 is 2.29 bits per heavy atom. The molecule has 1 aliphatic rings. The van der Waals surface area contributed by atoms with Crippen LogP contribution in [0.25, 0.3) is 0 Å². The minimum Gasteiger partial charge on any atom is -0.366 e. The summed E-state index contributed by atoms with van der Waals surface area (Å²) in [5, 5.41) is 6.42. The van der Waals surface area contributed by atoms with Crippen LogP contribution in [0.1, 0.15) is 16.1 Å². The zero-order valence-corrected chi connectivity index (χ0v) is 14.8. The highest BCUT2D eigenvalue weighted by Crippen LogP contribution is 2.26. The van der Waals surface area contributed by atoms with Gasteiger partial charge in [0.25, 0.3) is 5.91 Å². The lowest BCUT2D eigenvalue weighted by Crippen LogP contribution is -2.45. The maximum Gasteiger partial charge on any atom is 0.256 e. The molecule has 1 unspecified atom stereocenters. The molecule has 5 nitrogen and oxygen atoms in total. The zero-order chi connectivity index (χ0) is 16.2. The molecule has 1 aliphatic heterocycles. The summed E-state index contributed by atoms with van der Waals surface area (Å²) in [7, 11) is 0. The first-order valence-electron chi connectivity index (χ1n) is 7.46. The Labute approximate surface area is 150 Å². The number of halogens is 2. The van der Waals surface area contributed by atoms with E-state index >= 15 is 0 Å². The van der Waals surface area contributed by atoms with Crippen LogP contribution in [0.3, 0.4) is 0 Å². The maximum atomic E-state index is 13.8. The van der Waals surface area contributed by atoms with Crippen LogP contribution in [-0.2, 0) is 16.0 Å². The van der Waals surface area contributed by atoms with E-state index in [-0.39, 0.29) is 24.1 Å². The van der Waals surface area contributed by atoms with Crippen molar-refractivity contribution in [1.82, 2.24) is 10.3 Å². The van der Waals surface area contributed by atoms with Gasteiger partial charge in [0, 0.05) is 24.4 Å². The van der Waals surface area contributed by atoms with Crippen LogP contribution >= 0.6 is 23.7 Å². The Morgan fingerprint density at radius 1 is 1.50 bits per heavy atom. The monoisotopic (exact) mass is 371 g/mol. The van der Waals surface area contributed by atoms with Gasteiger partial charge in [-0.15, -0.1) is 23.7 Å². The molecule has 24 heavy (non-hydrogen) atoms. The van der Waals surface area contributed by atoms with Crippen molar-refractivity contribution in [3.63, 3.8) is 0 Å². The lowest BCUT2D eigenvalue weighted by molar-refractivity contribution is -0.128. The van der Waals surface area contributed by atoms with Crippen LogP contribution in [0, 0.1) is 12.7 Å². The normalized spacial score (nSPS) is 17.2. The number of rotatable bonds is 4. The first-order chi connectivity index (χ1) is 11.1. The van der Waals surface area contributed by atoms with Crippen LogP contribution in [0.5, 0.6) is 0 Å². The Kier molecular flexibility index (Phi) is 6.68. The number of ether oxygens (including phenoxy) is 1. The van der Waals surface area contributed by atoms with Crippen molar-refractivity contribution >= 4 is 34.8 Å². The molecule has 3 rings (SSSR count). The number of nitrogens with one attached hydrogen (secondary N) is 2. The van der Waals surface area contributed by atoms with E-state index in [4.69, 9.17) is 4.74 Å². The van der Waals surface area contributed by atoms with Gasteiger partial charge in [0.15, 0.2) is 5.13 Å². The van der Waals surface area contributed by atoms with E-state index in [1.807, 2.05) is 13.0 Å². The third-order valence-corrected chi connectivity index (χ3v) is 4.72. The summed E-state index contributed by atoms with van der Waals surface area (Å²) in [6, 6.07) is 6.68. The Balaban J connectivity index is 0.00000208. The van der Waals surface area contributed by atoms with Gasteiger partial charge >= 0.3 is 0 Å². The second kappa shape index (κ2) is 8.53. The van der Waals surface area contributed by atoms with Crippen LogP contribution in [-0.4, -0.2) is 36.7 Å². The smallest absolute Gasteiger partial charge is 0.256 e. The molecule has 2 N–H and O–H groups in total.